The van der Waals surface area contributed by atoms with Crippen molar-refractivity contribution < 1.29 is 9.18 Å². The van der Waals surface area contributed by atoms with Gasteiger partial charge in [0.15, 0.2) is 11.6 Å². The smallest absolute Gasteiger partial charge is 0.271 e. The molecule has 9 nitrogen and oxygen atoms in total. The number of aromatic amines is 1. The second-order valence-electron chi connectivity index (χ2n) is 6.09. The third kappa shape index (κ3) is 4.58. The fourth-order valence-corrected chi connectivity index (χ4v) is 2.86. The largest absolute Gasteiger partial charge is 0.363 e. The van der Waals surface area contributed by atoms with Crippen LogP contribution in [-0.4, -0.2) is 44.9 Å². The number of halogens is 1. The maximum atomic E-state index is 14.1. The number of anilines is 3. The number of likely N-dealkylation sites (tertiary alicyclic amines) is 1. The minimum Gasteiger partial charge on any atom is -0.363 e. The predicted molar refractivity (Wildman–Crippen MR) is 95.8 cm³/mol. The average Bonchev–Trinajstić information content (AvgIpc) is 2.67. The quantitative estimate of drug-likeness (QED) is 0.724. The zero-order valence-electron chi connectivity index (χ0n) is 14.4. The monoisotopic (exact) mass is 371 g/mol. The van der Waals surface area contributed by atoms with E-state index in [9.17, 15) is 14.0 Å². The fourth-order valence-electron chi connectivity index (χ4n) is 2.86. The van der Waals surface area contributed by atoms with Crippen LogP contribution in [0.3, 0.4) is 0 Å². The summed E-state index contributed by atoms with van der Waals surface area (Å²) in [7, 11) is 0. The van der Waals surface area contributed by atoms with E-state index in [1.165, 1.54) is 6.20 Å². The number of nitrogens with zero attached hydrogens (tertiary/aromatic N) is 4. The number of hydrogen-bond donors (Lipinski definition) is 3. The van der Waals surface area contributed by atoms with Crippen LogP contribution in [0.1, 0.15) is 19.3 Å². The molecule has 27 heavy (non-hydrogen) atoms. The Morgan fingerprint density at radius 2 is 2.37 bits per heavy atom. The van der Waals surface area contributed by atoms with Gasteiger partial charge in [-0.3, -0.25) is 9.59 Å². The number of H-pyrrole nitrogens is 1. The molecule has 0 radical (unpaired) electrons. The molecule has 1 atom stereocenters. The Morgan fingerprint density at radius 1 is 1.52 bits per heavy atom. The normalized spacial score (nSPS) is 16.4. The van der Waals surface area contributed by atoms with Gasteiger partial charge in [-0.25, -0.2) is 9.37 Å². The highest BCUT2D eigenvalue weighted by atomic mass is 19.1. The van der Waals surface area contributed by atoms with Gasteiger partial charge in [0.2, 0.25) is 11.9 Å². The van der Waals surface area contributed by atoms with Crippen LogP contribution in [0.15, 0.2) is 29.3 Å². The number of aromatic nitrogens is 3. The lowest BCUT2D eigenvalue weighted by molar-refractivity contribution is -0.131. The van der Waals surface area contributed by atoms with E-state index in [1.54, 1.807) is 17.0 Å². The number of pyridine rings is 1. The highest BCUT2D eigenvalue weighted by Crippen LogP contribution is 2.19. The molecule has 10 heteroatoms. The Labute approximate surface area is 154 Å². The van der Waals surface area contributed by atoms with E-state index in [2.05, 4.69) is 25.6 Å². The second kappa shape index (κ2) is 8.27. The van der Waals surface area contributed by atoms with Gasteiger partial charge in [0.05, 0.1) is 12.3 Å². The van der Waals surface area contributed by atoms with Crippen molar-refractivity contribution in [1.29, 1.82) is 5.26 Å². The van der Waals surface area contributed by atoms with Crippen molar-refractivity contribution in [2.24, 2.45) is 0 Å². The molecule has 0 spiro atoms. The highest BCUT2D eigenvalue weighted by molar-refractivity contribution is 5.78. The maximum Gasteiger partial charge on any atom is 0.271 e. The van der Waals surface area contributed by atoms with Gasteiger partial charge in [-0.05, 0) is 25.0 Å². The Hall–Kier alpha value is -3.48. The van der Waals surface area contributed by atoms with Crippen LogP contribution in [-0.2, 0) is 4.79 Å². The number of nitrogens with one attached hydrogen (secondary N) is 3. The first-order valence-corrected chi connectivity index (χ1v) is 8.45. The molecule has 3 heterocycles. The molecule has 2 aromatic heterocycles. The molecular formula is C17H18FN7O2. The standard InChI is InChI=1S/C17H18FN7O2/c18-12-9-21-17(23-13-4-1-7-20-16(13)27)24-15(12)22-11-3-2-8-25(10-11)14(26)5-6-19/h1,4,7,9,11H,2-3,5,8,10H2,(H,20,27)(H2,21,22,23,24). The number of rotatable bonds is 5. The lowest BCUT2D eigenvalue weighted by atomic mass is 10.1. The molecule has 1 amide bonds. The summed E-state index contributed by atoms with van der Waals surface area (Å²) in [6.07, 6.45) is 3.81. The summed E-state index contributed by atoms with van der Waals surface area (Å²) in [6, 6.07) is 4.84. The second-order valence-corrected chi connectivity index (χ2v) is 6.09. The van der Waals surface area contributed by atoms with Crippen molar-refractivity contribution in [1.82, 2.24) is 19.9 Å². The lowest BCUT2D eigenvalue weighted by Gasteiger charge is -2.33. The van der Waals surface area contributed by atoms with Gasteiger partial charge in [0.1, 0.15) is 12.1 Å². The number of piperidine rings is 1. The number of carbonyl (C=O) groups is 1. The molecule has 1 saturated heterocycles. The summed E-state index contributed by atoms with van der Waals surface area (Å²) < 4.78 is 14.1. The molecule has 0 aliphatic carbocycles. The number of hydrogen-bond acceptors (Lipinski definition) is 7. The first-order chi connectivity index (χ1) is 13.1. The van der Waals surface area contributed by atoms with E-state index in [4.69, 9.17) is 5.26 Å². The molecule has 3 rings (SSSR count). The van der Waals surface area contributed by atoms with E-state index in [0.29, 0.717) is 13.1 Å². The number of amides is 1. The zero-order valence-corrected chi connectivity index (χ0v) is 14.4. The van der Waals surface area contributed by atoms with Crippen molar-refractivity contribution in [2.75, 3.05) is 23.7 Å². The van der Waals surface area contributed by atoms with E-state index in [1.807, 2.05) is 6.07 Å². The topological polar surface area (TPSA) is 127 Å². The summed E-state index contributed by atoms with van der Waals surface area (Å²) in [5.74, 6) is -0.816. The SMILES string of the molecule is N#CCC(=O)N1CCCC(Nc2nc(Nc3ccc[nH]c3=O)ncc2F)C1. The van der Waals surface area contributed by atoms with Gasteiger partial charge in [0, 0.05) is 25.3 Å². The van der Waals surface area contributed by atoms with Gasteiger partial charge in [-0.15, -0.1) is 0 Å². The molecule has 0 bridgehead atoms. The molecule has 1 unspecified atom stereocenters. The van der Waals surface area contributed by atoms with Crippen molar-refractivity contribution in [3.05, 3.63) is 40.7 Å². The average molecular weight is 371 g/mol. The number of nitriles is 1. The molecule has 0 aromatic carbocycles. The molecule has 1 aliphatic heterocycles. The Kier molecular flexibility index (Phi) is 5.61. The molecule has 140 valence electrons. The zero-order chi connectivity index (χ0) is 19.2. The molecule has 0 saturated carbocycles. The summed E-state index contributed by atoms with van der Waals surface area (Å²) in [4.78, 5) is 35.6. The maximum absolute atomic E-state index is 14.1. The van der Waals surface area contributed by atoms with E-state index < -0.39 is 5.82 Å². The third-order valence-corrected chi connectivity index (χ3v) is 4.15. The minimum atomic E-state index is -0.636. The van der Waals surface area contributed by atoms with Crippen LogP contribution in [0.5, 0.6) is 0 Å². The van der Waals surface area contributed by atoms with Crippen molar-refractivity contribution in [3.63, 3.8) is 0 Å². The summed E-state index contributed by atoms with van der Waals surface area (Å²) in [6.45, 7) is 0.944. The summed E-state index contributed by atoms with van der Waals surface area (Å²) >= 11 is 0. The predicted octanol–water partition coefficient (Wildman–Crippen LogP) is 1.36. The first-order valence-electron chi connectivity index (χ1n) is 8.45. The van der Waals surface area contributed by atoms with Crippen molar-refractivity contribution in [3.8, 4) is 6.07 Å². The molecule has 1 aliphatic rings. The van der Waals surface area contributed by atoms with E-state index in [0.717, 1.165) is 19.0 Å². The summed E-state index contributed by atoms with van der Waals surface area (Å²) in [5, 5.41) is 14.4. The van der Waals surface area contributed by atoms with Crippen LogP contribution in [0, 0.1) is 17.1 Å². The Bertz CT molecular complexity index is 924. The highest BCUT2D eigenvalue weighted by Gasteiger charge is 2.24. The molecule has 3 N–H and O–H groups in total. The van der Waals surface area contributed by atoms with Gasteiger partial charge in [-0.2, -0.15) is 10.2 Å². The van der Waals surface area contributed by atoms with Gasteiger partial charge in [-0.1, -0.05) is 0 Å². The van der Waals surface area contributed by atoms with E-state index in [-0.39, 0.29) is 41.4 Å². The Balaban J connectivity index is 1.71. The Morgan fingerprint density at radius 3 is 3.15 bits per heavy atom. The van der Waals surface area contributed by atoms with Gasteiger partial charge >= 0.3 is 0 Å². The van der Waals surface area contributed by atoms with Crippen LogP contribution >= 0.6 is 0 Å². The van der Waals surface area contributed by atoms with Crippen LogP contribution < -0.4 is 16.2 Å². The molecule has 1 fully saturated rings. The number of carbonyl (C=O) groups excluding carboxylic acids is 1. The molecule has 2 aromatic rings. The van der Waals surface area contributed by atoms with Crippen LogP contribution in [0.4, 0.5) is 21.8 Å². The van der Waals surface area contributed by atoms with Crippen LogP contribution in [0.2, 0.25) is 0 Å². The summed E-state index contributed by atoms with van der Waals surface area (Å²) in [5.41, 5.74) is -0.111. The third-order valence-electron chi connectivity index (χ3n) is 4.15. The lowest BCUT2D eigenvalue weighted by Crippen LogP contribution is -2.45. The first kappa shape index (κ1) is 18.3. The van der Waals surface area contributed by atoms with Gasteiger partial charge < -0.3 is 20.5 Å². The van der Waals surface area contributed by atoms with Crippen molar-refractivity contribution in [2.45, 2.75) is 25.3 Å². The van der Waals surface area contributed by atoms with Crippen LogP contribution in [0.25, 0.3) is 0 Å². The van der Waals surface area contributed by atoms with E-state index >= 15 is 0 Å². The van der Waals surface area contributed by atoms with Crippen molar-refractivity contribution >= 4 is 23.4 Å². The minimum absolute atomic E-state index is 0.0144. The fraction of sp³-hybridized carbons (Fsp3) is 0.353. The van der Waals surface area contributed by atoms with Gasteiger partial charge in [0.25, 0.3) is 5.56 Å². The molecular weight excluding hydrogens is 353 g/mol.